The Kier molecular flexibility index (Phi) is 6.84. The number of thiocarbonyl (C=S) groups is 1. The van der Waals surface area contributed by atoms with Crippen LogP contribution < -0.4 is 20.1 Å². The van der Waals surface area contributed by atoms with Crippen molar-refractivity contribution < 1.29 is 18.3 Å². The fourth-order valence-corrected chi connectivity index (χ4v) is 2.82. The first-order valence-electron chi connectivity index (χ1n) is 8.43. The van der Waals surface area contributed by atoms with Gasteiger partial charge in [-0.25, -0.2) is 4.68 Å². The van der Waals surface area contributed by atoms with Crippen molar-refractivity contribution >= 4 is 40.3 Å². The normalized spacial score (nSPS) is 10.7. The lowest BCUT2D eigenvalue weighted by Crippen LogP contribution is -2.19. The number of anilines is 2. The molecule has 1 aromatic heterocycles. The molecule has 0 aliphatic carbocycles. The summed E-state index contributed by atoms with van der Waals surface area (Å²) in [6.45, 7) is -0.984. The van der Waals surface area contributed by atoms with E-state index in [1.54, 1.807) is 60.4 Å². The van der Waals surface area contributed by atoms with E-state index in [4.69, 9.17) is 28.6 Å². The molecule has 0 atom stereocenters. The van der Waals surface area contributed by atoms with Crippen molar-refractivity contribution in [1.82, 2.24) is 9.78 Å². The second kappa shape index (κ2) is 9.53. The van der Waals surface area contributed by atoms with E-state index in [-0.39, 0.29) is 17.6 Å². The molecule has 3 aromatic rings. The van der Waals surface area contributed by atoms with E-state index in [0.29, 0.717) is 22.1 Å². The van der Waals surface area contributed by atoms with Gasteiger partial charge in [0.15, 0.2) is 11.8 Å². The molecule has 3 rings (SSSR count). The Labute approximate surface area is 176 Å². The first-order chi connectivity index (χ1) is 13.9. The van der Waals surface area contributed by atoms with Crippen LogP contribution in [0, 0.1) is 6.92 Å². The highest BCUT2D eigenvalue weighted by Gasteiger charge is 2.11. The van der Waals surface area contributed by atoms with Gasteiger partial charge < -0.3 is 20.1 Å². The maximum absolute atomic E-state index is 12.6. The number of aryl methyl sites for hydroxylation is 1. The van der Waals surface area contributed by atoms with Crippen LogP contribution in [0.1, 0.15) is 5.56 Å². The Balaban J connectivity index is 1.58. The second-order valence-electron chi connectivity index (χ2n) is 5.96. The lowest BCUT2D eigenvalue weighted by Gasteiger charge is -2.14. The Morgan fingerprint density at radius 2 is 2.07 bits per heavy atom. The Bertz CT molecular complexity index is 1000. The van der Waals surface area contributed by atoms with E-state index in [1.165, 1.54) is 6.07 Å². The van der Waals surface area contributed by atoms with E-state index in [0.717, 1.165) is 5.56 Å². The molecule has 6 nitrogen and oxygen atoms in total. The van der Waals surface area contributed by atoms with Crippen molar-refractivity contribution in [3.05, 3.63) is 65.4 Å². The number of hydrogen-bond acceptors (Lipinski definition) is 4. The van der Waals surface area contributed by atoms with Crippen LogP contribution in [0.2, 0.25) is 5.02 Å². The van der Waals surface area contributed by atoms with Gasteiger partial charge in [0.1, 0.15) is 11.5 Å². The Hall–Kier alpha value is -2.91. The van der Waals surface area contributed by atoms with Crippen molar-refractivity contribution in [2.75, 3.05) is 10.6 Å². The minimum atomic E-state index is -2.93. The molecule has 0 amide bonds. The topological polar surface area (TPSA) is 60.3 Å². The van der Waals surface area contributed by atoms with Crippen LogP contribution in [0.4, 0.5) is 20.2 Å². The van der Waals surface area contributed by atoms with Crippen LogP contribution in [0.5, 0.6) is 11.5 Å². The molecular formula is C19H17ClF2N4O2S. The number of aromatic nitrogens is 2. The zero-order valence-corrected chi connectivity index (χ0v) is 16.8. The molecule has 2 aromatic carbocycles. The smallest absolute Gasteiger partial charge is 0.387 e. The highest BCUT2D eigenvalue weighted by molar-refractivity contribution is 7.80. The maximum atomic E-state index is 12.6. The van der Waals surface area contributed by atoms with E-state index in [2.05, 4.69) is 20.5 Å². The van der Waals surface area contributed by atoms with Crippen LogP contribution >= 0.6 is 23.8 Å². The number of nitrogens with one attached hydrogen (secondary N) is 2. The van der Waals surface area contributed by atoms with Gasteiger partial charge in [-0.3, -0.25) is 0 Å². The van der Waals surface area contributed by atoms with E-state index in [1.807, 2.05) is 0 Å². The van der Waals surface area contributed by atoms with E-state index >= 15 is 0 Å². The van der Waals surface area contributed by atoms with Gasteiger partial charge in [0.2, 0.25) is 0 Å². The molecular weight excluding hydrogens is 422 g/mol. The lowest BCUT2D eigenvalue weighted by atomic mass is 10.2. The molecule has 152 valence electrons. The predicted octanol–water partition coefficient (Wildman–Crippen LogP) is 5.29. The molecule has 0 aliphatic heterocycles. The quantitative estimate of drug-likeness (QED) is 0.489. The fourth-order valence-electron chi connectivity index (χ4n) is 2.41. The molecule has 0 fully saturated rings. The summed E-state index contributed by atoms with van der Waals surface area (Å²) in [4.78, 5) is 0. The second-order valence-corrected chi connectivity index (χ2v) is 6.80. The van der Waals surface area contributed by atoms with Gasteiger partial charge in [0.25, 0.3) is 0 Å². The lowest BCUT2D eigenvalue weighted by molar-refractivity contribution is -0.0493. The third-order valence-corrected chi connectivity index (χ3v) is 4.09. The third-order valence-electron chi connectivity index (χ3n) is 3.65. The monoisotopic (exact) mass is 438 g/mol. The summed E-state index contributed by atoms with van der Waals surface area (Å²) >= 11 is 11.2. The SMILES string of the molecule is Cc1ccc(NC(=S)Nc2cnn(COc3cccc(Cl)c3)c2)c(OC(F)F)c1. The van der Waals surface area contributed by atoms with Gasteiger partial charge in [-0.05, 0) is 55.0 Å². The number of nitrogens with zero attached hydrogens (tertiary/aromatic N) is 2. The van der Waals surface area contributed by atoms with Crippen LogP contribution in [-0.2, 0) is 6.73 Å². The van der Waals surface area contributed by atoms with Gasteiger partial charge in [-0.1, -0.05) is 23.7 Å². The average Bonchev–Trinajstić information content (AvgIpc) is 3.09. The Morgan fingerprint density at radius 3 is 2.83 bits per heavy atom. The number of halogens is 3. The first-order valence-corrected chi connectivity index (χ1v) is 9.22. The molecule has 0 aliphatic rings. The minimum absolute atomic E-state index is 0.00904. The average molecular weight is 439 g/mol. The molecule has 0 saturated heterocycles. The van der Waals surface area contributed by atoms with Gasteiger partial charge in [0, 0.05) is 5.02 Å². The van der Waals surface area contributed by atoms with Gasteiger partial charge in [-0.15, -0.1) is 0 Å². The third kappa shape index (κ3) is 6.30. The zero-order chi connectivity index (χ0) is 20.8. The van der Waals surface area contributed by atoms with Gasteiger partial charge in [0.05, 0.1) is 23.8 Å². The Morgan fingerprint density at radius 1 is 1.24 bits per heavy atom. The first kappa shape index (κ1) is 20.8. The van der Waals surface area contributed by atoms with Crippen LogP contribution in [0.3, 0.4) is 0 Å². The van der Waals surface area contributed by atoms with Crippen molar-refractivity contribution in [2.24, 2.45) is 0 Å². The summed E-state index contributed by atoms with van der Waals surface area (Å²) in [5.74, 6) is 0.625. The summed E-state index contributed by atoms with van der Waals surface area (Å²) in [5, 5.41) is 10.7. The zero-order valence-electron chi connectivity index (χ0n) is 15.2. The van der Waals surface area contributed by atoms with Crippen LogP contribution in [0.15, 0.2) is 54.9 Å². The molecule has 2 N–H and O–H groups in total. The van der Waals surface area contributed by atoms with Crippen molar-refractivity contribution in [3.63, 3.8) is 0 Å². The summed E-state index contributed by atoms with van der Waals surface area (Å²) in [6.07, 6.45) is 3.24. The predicted molar refractivity (Wildman–Crippen MR) is 112 cm³/mol. The number of benzene rings is 2. The number of alkyl halides is 2. The number of rotatable bonds is 7. The largest absolute Gasteiger partial charge is 0.471 e. The van der Waals surface area contributed by atoms with Gasteiger partial charge >= 0.3 is 6.61 Å². The van der Waals surface area contributed by atoms with E-state index < -0.39 is 6.61 Å². The number of hydrogen-bond donors (Lipinski definition) is 2. The highest BCUT2D eigenvalue weighted by Crippen LogP contribution is 2.27. The van der Waals surface area contributed by atoms with Gasteiger partial charge in [-0.2, -0.15) is 13.9 Å². The molecule has 0 radical (unpaired) electrons. The summed E-state index contributed by atoms with van der Waals surface area (Å²) in [5.41, 5.74) is 1.71. The molecule has 10 heteroatoms. The molecule has 29 heavy (non-hydrogen) atoms. The summed E-state index contributed by atoms with van der Waals surface area (Å²) in [7, 11) is 0. The van der Waals surface area contributed by atoms with Crippen molar-refractivity contribution in [1.29, 1.82) is 0 Å². The summed E-state index contributed by atoms with van der Waals surface area (Å²) < 4.78 is 36.9. The van der Waals surface area contributed by atoms with Crippen LogP contribution in [0.25, 0.3) is 0 Å². The minimum Gasteiger partial charge on any atom is -0.471 e. The standard InChI is InChI=1S/C19H17ClF2N4O2S/c1-12-5-6-16(17(7-12)28-18(21)22)25-19(29)24-14-9-23-26(10-14)11-27-15-4-2-3-13(20)8-15/h2-10,18H,11H2,1H3,(H2,24,25,29). The fraction of sp³-hybridized carbons (Fsp3) is 0.158. The molecule has 1 heterocycles. The molecule has 0 saturated carbocycles. The number of ether oxygens (including phenoxy) is 2. The maximum Gasteiger partial charge on any atom is 0.387 e. The van der Waals surface area contributed by atoms with E-state index in [9.17, 15) is 8.78 Å². The molecule has 0 bridgehead atoms. The van der Waals surface area contributed by atoms with Crippen LogP contribution in [-0.4, -0.2) is 21.5 Å². The highest BCUT2D eigenvalue weighted by atomic mass is 35.5. The summed E-state index contributed by atoms with van der Waals surface area (Å²) in [6, 6.07) is 11.9. The molecule has 0 unspecified atom stereocenters. The van der Waals surface area contributed by atoms with Crippen molar-refractivity contribution in [2.45, 2.75) is 20.3 Å². The molecule has 0 spiro atoms. The van der Waals surface area contributed by atoms with Crippen molar-refractivity contribution in [3.8, 4) is 11.5 Å².